The summed E-state index contributed by atoms with van der Waals surface area (Å²) in [4.78, 5) is 24.4. The van der Waals surface area contributed by atoms with Gasteiger partial charge < -0.3 is 14.7 Å². The number of hydrogen-bond acceptors (Lipinski definition) is 5. The van der Waals surface area contributed by atoms with Crippen LogP contribution in [-0.4, -0.2) is 63.7 Å². The van der Waals surface area contributed by atoms with E-state index in [4.69, 9.17) is 9.84 Å². The van der Waals surface area contributed by atoms with Crippen molar-refractivity contribution in [2.24, 2.45) is 0 Å². The second-order valence-corrected chi connectivity index (χ2v) is 4.90. The quantitative estimate of drug-likeness (QED) is 0.761. The average molecular weight is 318 g/mol. The van der Waals surface area contributed by atoms with Gasteiger partial charge >= 0.3 is 5.97 Å². The lowest BCUT2D eigenvalue weighted by Crippen LogP contribution is -2.38. The Morgan fingerprint density at radius 1 is 1.30 bits per heavy atom. The maximum absolute atomic E-state index is 12.3. The highest BCUT2D eigenvalue weighted by Crippen LogP contribution is 2.05. The summed E-state index contributed by atoms with van der Waals surface area (Å²) in [5, 5.41) is 16.7. The Hall–Kier alpha value is -2.74. The molecule has 1 N–H and O–H groups in total. The summed E-state index contributed by atoms with van der Waals surface area (Å²) < 4.78 is 6.44. The van der Waals surface area contributed by atoms with Gasteiger partial charge in [0.25, 0.3) is 5.91 Å². The Kier molecular flexibility index (Phi) is 5.81. The number of hydrogen-bond donors (Lipinski definition) is 1. The Balaban J connectivity index is 2.07. The molecular weight excluding hydrogens is 300 g/mol. The molecule has 0 saturated carbocycles. The number of amides is 1. The maximum Gasteiger partial charge on any atom is 0.323 e. The van der Waals surface area contributed by atoms with E-state index in [9.17, 15) is 9.59 Å². The highest BCUT2D eigenvalue weighted by atomic mass is 16.5. The molecule has 0 fully saturated rings. The minimum atomic E-state index is -1.09. The van der Waals surface area contributed by atoms with Gasteiger partial charge in [0.05, 0.1) is 19.3 Å². The summed E-state index contributed by atoms with van der Waals surface area (Å²) in [6.07, 6.45) is 1.51. The van der Waals surface area contributed by atoms with Crippen LogP contribution in [0.5, 0.6) is 0 Å². The predicted molar refractivity (Wildman–Crippen MR) is 81.0 cm³/mol. The highest BCUT2D eigenvalue weighted by molar-refractivity contribution is 5.93. The summed E-state index contributed by atoms with van der Waals surface area (Å²) in [5.74, 6) is -1.57. The monoisotopic (exact) mass is 318 g/mol. The van der Waals surface area contributed by atoms with Crippen molar-refractivity contribution in [1.29, 1.82) is 0 Å². The molecule has 0 spiro atoms. The van der Waals surface area contributed by atoms with E-state index in [1.54, 1.807) is 0 Å². The molecule has 1 heterocycles. The summed E-state index contributed by atoms with van der Waals surface area (Å²) in [6, 6.07) is 9.63. The third kappa shape index (κ3) is 4.89. The molecule has 0 unspecified atom stereocenters. The fraction of sp³-hybridized carbons (Fsp3) is 0.333. The van der Waals surface area contributed by atoms with Crippen molar-refractivity contribution in [3.05, 3.63) is 47.8 Å². The molecule has 0 radical (unpaired) electrons. The minimum absolute atomic E-state index is 0.110. The van der Waals surface area contributed by atoms with Crippen molar-refractivity contribution in [3.63, 3.8) is 0 Å². The number of ether oxygens (including phenoxy) is 1. The molecule has 2 rings (SSSR count). The lowest BCUT2D eigenvalue weighted by atomic mass is 10.2. The van der Waals surface area contributed by atoms with E-state index in [0.717, 1.165) is 5.56 Å². The molecule has 0 atom stereocenters. The van der Waals surface area contributed by atoms with E-state index >= 15 is 0 Å². The van der Waals surface area contributed by atoms with E-state index in [1.165, 1.54) is 22.9 Å². The number of rotatable bonds is 8. The predicted octanol–water partition coefficient (Wildman–Crippen LogP) is 0.500. The molecule has 1 aromatic carbocycles. The van der Waals surface area contributed by atoms with Crippen molar-refractivity contribution in [1.82, 2.24) is 19.9 Å². The average Bonchev–Trinajstić information content (AvgIpc) is 3.00. The van der Waals surface area contributed by atoms with Crippen molar-refractivity contribution < 1.29 is 19.4 Å². The van der Waals surface area contributed by atoms with Gasteiger partial charge in [-0.15, -0.1) is 5.10 Å². The number of aliphatic carboxylic acids is 1. The van der Waals surface area contributed by atoms with Gasteiger partial charge in [-0.1, -0.05) is 35.5 Å². The van der Waals surface area contributed by atoms with E-state index in [2.05, 4.69) is 10.3 Å². The smallest absolute Gasteiger partial charge is 0.323 e. The third-order valence-corrected chi connectivity index (χ3v) is 3.12. The molecule has 122 valence electrons. The molecule has 0 aliphatic heterocycles. The number of aromatic nitrogens is 3. The van der Waals surface area contributed by atoms with Gasteiger partial charge in [0.15, 0.2) is 5.69 Å². The number of carboxylic acids is 1. The first-order valence-corrected chi connectivity index (χ1v) is 7.04. The van der Waals surface area contributed by atoms with Crippen LogP contribution in [0.25, 0.3) is 0 Å². The fourth-order valence-corrected chi connectivity index (χ4v) is 2.02. The number of carbonyl (C=O) groups is 2. The molecule has 0 aliphatic carbocycles. The molecule has 0 bridgehead atoms. The largest absolute Gasteiger partial charge is 0.480 e. The first kappa shape index (κ1) is 16.6. The van der Waals surface area contributed by atoms with Crippen LogP contribution in [0.2, 0.25) is 0 Å². The maximum atomic E-state index is 12.3. The van der Waals surface area contributed by atoms with E-state index in [0.29, 0.717) is 6.54 Å². The molecule has 23 heavy (non-hydrogen) atoms. The van der Waals surface area contributed by atoms with Crippen LogP contribution >= 0.6 is 0 Å². The molecular formula is C15H18N4O4. The summed E-state index contributed by atoms with van der Waals surface area (Å²) >= 11 is 0. The standard InChI is InChI=1S/C15H18N4O4/c1-23-8-7-18(11-14(20)21)15(22)13-10-19(17-16-13)9-12-5-3-2-4-6-12/h2-6,10H,7-9,11H2,1H3,(H,20,21). The van der Waals surface area contributed by atoms with Crippen molar-refractivity contribution in [3.8, 4) is 0 Å². The number of carbonyl (C=O) groups excluding carboxylic acids is 1. The van der Waals surface area contributed by atoms with Gasteiger partial charge in [-0.2, -0.15) is 0 Å². The van der Waals surface area contributed by atoms with Gasteiger partial charge in [0.1, 0.15) is 6.54 Å². The Morgan fingerprint density at radius 3 is 2.70 bits per heavy atom. The second kappa shape index (κ2) is 8.04. The molecule has 8 nitrogen and oxygen atoms in total. The van der Waals surface area contributed by atoms with Crippen molar-refractivity contribution in [2.45, 2.75) is 6.54 Å². The van der Waals surface area contributed by atoms with Crippen LogP contribution < -0.4 is 0 Å². The topological polar surface area (TPSA) is 97.6 Å². The van der Waals surface area contributed by atoms with Gasteiger partial charge in [-0.3, -0.25) is 9.59 Å². The van der Waals surface area contributed by atoms with E-state index < -0.39 is 18.4 Å². The SMILES string of the molecule is COCCN(CC(=O)O)C(=O)c1cn(Cc2ccccc2)nn1. The van der Waals surface area contributed by atoms with Crippen molar-refractivity contribution >= 4 is 11.9 Å². The van der Waals surface area contributed by atoms with Gasteiger partial charge in [0.2, 0.25) is 0 Å². The van der Waals surface area contributed by atoms with Crippen LogP contribution in [0.4, 0.5) is 0 Å². The Bertz CT molecular complexity index is 657. The summed E-state index contributed by atoms with van der Waals surface area (Å²) in [7, 11) is 1.49. The molecule has 2 aromatic rings. The number of nitrogens with zero attached hydrogens (tertiary/aromatic N) is 4. The molecule has 8 heteroatoms. The van der Waals surface area contributed by atoms with Crippen LogP contribution in [0, 0.1) is 0 Å². The lowest BCUT2D eigenvalue weighted by molar-refractivity contribution is -0.137. The highest BCUT2D eigenvalue weighted by Gasteiger charge is 2.21. The summed E-state index contributed by atoms with van der Waals surface area (Å²) in [6.45, 7) is 0.496. The van der Waals surface area contributed by atoms with Gasteiger partial charge in [0, 0.05) is 13.7 Å². The lowest BCUT2D eigenvalue weighted by Gasteiger charge is -2.18. The van der Waals surface area contributed by atoms with Gasteiger partial charge in [-0.05, 0) is 5.56 Å². The zero-order valence-electron chi connectivity index (χ0n) is 12.8. The molecule has 1 aromatic heterocycles. The molecule has 1 amide bonds. The van der Waals surface area contributed by atoms with Crippen LogP contribution in [0.3, 0.4) is 0 Å². The zero-order chi connectivity index (χ0) is 16.7. The second-order valence-electron chi connectivity index (χ2n) is 4.90. The van der Waals surface area contributed by atoms with Crippen molar-refractivity contribution in [2.75, 3.05) is 26.8 Å². The zero-order valence-corrected chi connectivity index (χ0v) is 12.8. The van der Waals surface area contributed by atoms with Crippen LogP contribution in [-0.2, 0) is 16.1 Å². The molecule has 0 aliphatic rings. The van der Waals surface area contributed by atoms with E-state index in [1.807, 2.05) is 30.3 Å². The number of methoxy groups -OCH3 is 1. The minimum Gasteiger partial charge on any atom is -0.480 e. The van der Waals surface area contributed by atoms with E-state index in [-0.39, 0.29) is 18.8 Å². The first-order valence-electron chi connectivity index (χ1n) is 7.04. The molecule has 0 saturated heterocycles. The summed E-state index contributed by atoms with van der Waals surface area (Å²) in [5.41, 5.74) is 1.14. The van der Waals surface area contributed by atoms with Crippen LogP contribution in [0.15, 0.2) is 36.5 Å². The van der Waals surface area contributed by atoms with Gasteiger partial charge in [-0.25, -0.2) is 4.68 Å². The number of benzene rings is 1. The number of carboxylic acid groups (broad SMARTS) is 1. The fourth-order valence-electron chi connectivity index (χ4n) is 2.02. The Labute approximate surface area is 133 Å². The van der Waals surface area contributed by atoms with Crippen LogP contribution in [0.1, 0.15) is 16.1 Å². The normalized spacial score (nSPS) is 10.5. The third-order valence-electron chi connectivity index (χ3n) is 3.12. The Morgan fingerprint density at radius 2 is 2.04 bits per heavy atom. The first-order chi connectivity index (χ1) is 11.1.